The van der Waals surface area contributed by atoms with Gasteiger partial charge in [-0.2, -0.15) is 0 Å². The highest BCUT2D eigenvalue weighted by Crippen LogP contribution is 2.30. The minimum atomic E-state index is -0.608. The summed E-state index contributed by atoms with van der Waals surface area (Å²) in [5, 5.41) is 10.4. The fourth-order valence-electron chi connectivity index (χ4n) is 2.61. The Morgan fingerprint density at radius 3 is 2.18 bits per heavy atom. The van der Waals surface area contributed by atoms with E-state index < -0.39 is 11.6 Å². The Hall–Kier alpha value is -2.20. The lowest BCUT2D eigenvalue weighted by Crippen LogP contribution is -2.24. The number of halogens is 1. The number of rotatable bonds is 3. The van der Waals surface area contributed by atoms with Gasteiger partial charge >= 0.3 is 0 Å². The van der Waals surface area contributed by atoms with Crippen LogP contribution in [0, 0.1) is 0 Å². The van der Waals surface area contributed by atoms with Gasteiger partial charge in [-0.1, -0.05) is 58.4 Å². The number of ketones is 2. The van der Waals surface area contributed by atoms with E-state index in [2.05, 4.69) is 15.9 Å². The highest BCUT2D eigenvalue weighted by molar-refractivity contribution is 9.10. The fraction of sp³-hybridized carbons (Fsp3) is 0.111. The molecule has 0 fully saturated rings. The Labute approximate surface area is 136 Å². The van der Waals surface area contributed by atoms with E-state index in [0.717, 1.165) is 10.0 Å². The minimum absolute atomic E-state index is 0.0766. The van der Waals surface area contributed by atoms with Crippen molar-refractivity contribution in [2.75, 3.05) is 0 Å². The number of allylic oxidation sites excluding steroid dienone is 1. The quantitative estimate of drug-likeness (QED) is 0.841. The molecular formula is C18H13BrO3. The van der Waals surface area contributed by atoms with E-state index in [9.17, 15) is 14.7 Å². The van der Waals surface area contributed by atoms with E-state index in [1.807, 2.05) is 24.3 Å². The normalized spacial score (nSPS) is 14.2. The summed E-state index contributed by atoms with van der Waals surface area (Å²) < 4.78 is 0.949. The maximum Gasteiger partial charge on any atom is 0.234 e. The number of fused-ring (bicyclic) bond motifs is 1. The predicted molar refractivity (Wildman–Crippen MR) is 87.8 cm³/mol. The zero-order valence-electron chi connectivity index (χ0n) is 11.7. The van der Waals surface area contributed by atoms with E-state index >= 15 is 0 Å². The van der Waals surface area contributed by atoms with Crippen molar-refractivity contribution in [2.24, 2.45) is 0 Å². The first-order valence-corrected chi connectivity index (χ1v) is 7.73. The van der Waals surface area contributed by atoms with Crippen LogP contribution in [0.25, 0.3) is 5.76 Å². The zero-order valence-corrected chi connectivity index (χ0v) is 13.3. The molecule has 0 aromatic heterocycles. The van der Waals surface area contributed by atoms with Gasteiger partial charge in [0.05, 0.1) is 0 Å². The predicted octanol–water partition coefficient (Wildman–Crippen LogP) is 4.12. The second kappa shape index (κ2) is 5.89. The molecule has 0 heterocycles. The Balaban J connectivity index is 1.95. The molecule has 0 saturated heterocycles. The number of benzene rings is 2. The van der Waals surface area contributed by atoms with E-state index in [0.29, 0.717) is 18.4 Å². The molecule has 1 aliphatic carbocycles. The summed E-state index contributed by atoms with van der Waals surface area (Å²) in [6, 6.07) is 14.3. The molecule has 0 bridgehead atoms. The topological polar surface area (TPSA) is 54.4 Å². The van der Waals surface area contributed by atoms with E-state index in [1.165, 1.54) is 0 Å². The first-order chi connectivity index (χ1) is 10.6. The molecule has 22 heavy (non-hydrogen) atoms. The van der Waals surface area contributed by atoms with Gasteiger partial charge in [-0.05, 0) is 24.5 Å². The van der Waals surface area contributed by atoms with Gasteiger partial charge in [0.1, 0.15) is 5.76 Å². The summed E-state index contributed by atoms with van der Waals surface area (Å²) in [7, 11) is 0. The molecule has 0 saturated carbocycles. The van der Waals surface area contributed by atoms with Crippen LogP contribution in [0.2, 0.25) is 0 Å². The molecule has 2 aromatic rings. The van der Waals surface area contributed by atoms with Crippen molar-refractivity contribution in [3.63, 3.8) is 0 Å². The Morgan fingerprint density at radius 1 is 0.818 bits per heavy atom. The molecule has 1 aliphatic rings. The smallest absolute Gasteiger partial charge is 0.234 e. The molecule has 3 nitrogen and oxygen atoms in total. The standard InChI is InChI=1S/C18H13BrO3/c19-15-8-4-1-5-11(15)9-10-14-16(20)12-6-2-3-7-13(12)17(21)18(14)22/h1-8,20H,9-10H2. The number of aliphatic hydroxyl groups excluding tert-OH is 1. The van der Waals surface area contributed by atoms with Crippen molar-refractivity contribution in [1.29, 1.82) is 0 Å². The third-order valence-corrected chi connectivity index (χ3v) is 4.57. The third kappa shape index (κ3) is 2.50. The van der Waals surface area contributed by atoms with Crippen LogP contribution >= 0.6 is 15.9 Å². The minimum Gasteiger partial charge on any atom is -0.507 e. The zero-order chi connectivity index (χ0) is 15.7. The summed E-state index contributed by atoms with van der Waals surface area (Å²) >= 11 is 3.46. The molecule has 0 aliphatic heterocycles. The maximum atomic E-state index is 12.2. The number of Topliss-reactive ketones (excluding diaryl/α,β-unsaturated/α-hetero) is 2. The van der Waals surface area contributed by atoms with Crippen molar-refractivity contribution in [2.45, 2.75) is 12.8 Å². The van der Waals surface area contributed by atoms with Crippen LogP contribution in [0.15, 0.2) is 58.6 Å². The Bertz CT molecular complexity index is 805. The van der Waals surface area contributed by atoms with Crippen LogP contribution < -0.4 is 0 Å². The molecule has 0 atom stereocenters. The highest BCUT2D eigenvalue weighted by Gasteiger charge is 2.32. The van der Waals surface area contributed by atoms with E-state index in [-0.39, 0.29) is 16.9 Å². The molecular weight excluding hydrogens is 344 g/mol. The molecule has 0 amide bonds. The lowest BCUT2D eigenvalue weighted by atomic mass is 9.86. The third-order valence-electron chi connectivity index (χ3n) is 3.80. The van der Waals surface area contributed by atoms with Crippen LogP contribution in [-0.2, 0) is 11.2 Å². The Kier molecular flexibility index (Phi) is 3.94. The second-order valence-electron chi connectivity index (χ2n) is 5.12. The average Bonchev–Trinajstić information content (AvgIpc) is 2.54. The van der Waals surface area contributed by atoms with Gasteiger partial charge in [-0.3, -0.25) is 9.59 Å². The van der Waals surface area contributed by atoms with Crippen molar-refractivity contribution >= 4 is 33.3 Å². The fourth-order valence-corrected chi connectivity index (χ4v) is 3.09. The molecule has 2 aromatic carbocycles. The maximum absolute atomic E-state index is 12.2. The van der Waals surface area contributed by atoms with E-state index in [1.54, 1.807) is 24.3 Å². The van der Waals surface area contributed by atoms with Crippen LogP contribution in [0.1, 0.15) is 27.9 Å². The Morgan fingerprint density at radius 2 is 1.45 bits per heavy atom. The van der Waals surface area contributed by atoms with Gasteiger partial charge in [0.2, 0.25) is 11.6 Å². The second-order valence-corrected chi connectivity index (χ2v) is 5.98. The largest absolute Gasteiger partial charge is 0.507 e. The number of hydrogen-bond donors (Lipinski definition) is 1. The molecule has 0 unspecified atom stereocenters. The van der Waals surface area contributed by atoms with Crippen molar-refractivity contribution < 1.29 is 14.7 Å². The number of hydrogen-bond acceptors (Lipinski definition) is 3. The van der Waals surface area contributed by atoms with Crippen LogP contribution in [0.3, 0.4) is 0 Å². The van der Waals surface area contributed by atoms with Crippen molar-refractivity contribution in [3.05, 3.63) is 75.3 Å². The summed E-state index contributed by atoms with van der Waals surface area (Å²) in [5.41, 5.74) is 1.94. The number of carbonyl (C=O) groups excluding carboxylic acids is 2. The average molecular weight is 357 g/mol. The first-order valence-electron chi connectivity index (χ1n) is 6.93. The lowest BCUT2D eigenvalue weighted by Gasteiger charge is -2.17. The van der Waals surface area contributed by atoms with Gasteiger partial charge in [0.15, 0.2) is 0 Å². The summed E-state index contributed by atoms with van der Waals surface area (Å²) in [6.07, 6.45) is 0.898. The summed E-state index contributed by atoms with van der Waals surface area (Å²) in [5.74, 6) is -1.23. The lowest BCUT2D eigenvalue weighted by molar-refractivity contribution is -0.112. The molecule has 4 heteroatoms. The SMILES string of the molecule is O=C1C(=O)c2ccccc2C(O)=C1CCc1ccccc1Br. The van der Waals surface area contributed by atoms with Crippen LogP contribution in [0.5, 0.6) is 0 Å². The summed E-state index contributed by atoms with van der Waals surface area (Å²) in [4.78, 5) is 24.4. The van der Waals surface area contributed by atoms with Gasteiger partial charge in [-0.25, -0.2) is 0 Å². The van der Waals surface area contributed by atoms with Gasteiger partial charge in [0, 0.05) is 21.2 Å². The van der Waals surface area contributed by atoms with Gasteiger partial charge in [-0.15, -0.1) is 0 Å². The van der Waals surface area contributed by atoms with Gasteiger partial charge in [0.25, 0.3) is 0 Å². The number of aliphatic hydroxyl groups is 1. The van der Waals surface area contributed by atoms with Crippen LogP contribution in [-0.4, -0.2) is 16.7 Å². The molecule has 1 N–H and O–H groups in total. The number of aryl methyl sites for hydroxylation is 1. The number of carbonyl (C=O) groups is 2. The monoisotopic (exact) mass is 356 g/mol. The molecule has 0 spiro atoms. The first kappa shape index (κ1) is 14.7. The van der Waals surface area contributed by atoms with Gasteiger partial charge < -0.3 is 5.11 Å². The molecule has 0 radical (unpaired) electrons. The van der Waals surface area contributed by atoms with Crippen molar-refractivity contribution in [1.82, 2.24) is 0 Å². The van der Waals surface area contributed by atoms with Crippen molar-refractivity contribution in [3.8, 4) is 0 Å². The molecule has 110 valence electrons. The van der Waals surface area contributed by atoms with E-state index in [4.69, 9.17) is 0 Å². The summed E-state index contributed by atoms with van der Waals surface area (Å²) in [6.45, 7) is 0. The molecule has 3 rings (SSSR count). The van der Waals surface area contributed by atoms with Crippen LogP contribution in [0.4, 0.5) is 0 Å². The highest BCUT2D eigenvalue weighted by atomic mass is 79.9.